The Kier molecular flexibility index (Phi) is 9.95. The summed E-state index contributed by atoms with van der Waals surface area (Å²) in [5, 5.41) is 4.79. The molecule has 0 bridgehead atoms. The first kappa shape index (κ1) is 29.7. The van der Waals surface area contributed by atoms with E-state index in [1.54, 1.807) is 6.92 Å². The summed E-state index contributed by atoms with van der Waals surface area (Å²) in [6.45, 7) is 7.56. The molecule has 2 aromatic rings. The quantitative estimate of drug-likeness (QED) is 0.274. The summed E-state index contributed by atoms with van der Waals surface area (Å²) in [7, 11) is 1.92. The molecular weight excluding hydrogens is 510 g/mol. The van der Waals surface area contributed by atoms with E-state index in [4.69, 9.17) is 14.3 Å². The monoisotopic (exact) mass is 552 g/mol. The van der Waals surface area contributed by atoms with E-state index >= 15 is 0 Å². The van der Waals surface area contributed by atoms with Crippen LogP contribution in [0.1, 0.15) is 61.4 Å². The van der Waals surface area contributed by atoms with Gasteiger partial charge in [-0.3, -0.25) is 18.9 Å². The summed E-state index contributed by atoms with van der Waals surface area (Å²) < 4.78 is 11.2. The first-order chi connectivity index (χ1) is 19.2. The molecule has 0 radical (unpaired) electrons. The first-order valence-corrected chi connectivity index (χ1v) is 14.2. The zero-order chi connectivity index (χ0) is 28.7. The maximum absolute atomic E-state index is 14.0. The number of ether oxygens (including phenoxy) is 2. The van der Waals surface area contributed by atoms with E-state index in [0.29, 0.717) is 6.42 Å². The van der Waals surface area contributed by atoms with Gasteiger partial charge in [0.25, 0.3) is 0 Å². The molecule has 1 amide bonds. The van der Waals surface area contributed by atoms with Gasteiger partial charge in [0, 0.05) is 18.9 Å². The highest BCUT2D eigenvalue weighted by Crippen LogP contribution is 2.42. The lowest BCUT2D eigenvalue weighted by Crippen LogP contribution is -2.67. The first-order valence-electron chi connectivity index (χ1n) is 14.2. The Morgan fingerprint density at radius 2 is 1.77 bits per heavy atom. The van der Waals surface area contributed by atoms with Crippen molar-refractivity contribution in [2.24, 2.45) is 0 Å². The molecule has 0 spiro atoms. The van der Waals surface area contributed by atoms with Crippen LogP contribution in [-0.2, 0) is 41.7 Å². The number of hydroxylamine groups is 2. The van der Waals surface area contributed by atoms with Crippen LogP contribution in [0.3, 0.4) is 0 Å². The third-order valence-corrected chi connectivity index (χ3v) is 7.95. The lowest BCUT2D eigenvalue weighted by atomic mass is 9.86. The second-order valence-corrected chi connectivity index (χ2v) is 10.9. The van der Waals surface area contributed by atoms with Crippen LogP contribution in [0, 0.1) is 6.92 Å². The number of carbonyl (C=O) groups is 3. The molecule has 4 rings (SSSR count). The van der Waals surface area contributed by atoms with E-state index in [1.807, 2.05) is 56.4 Å². The van der Waals surface area contributed by atoms with Crippen molar-refractivity contribution in [2.75, 3.05) is 33.3 Å². The number of aryl methyl sites for hydroxylation is 1. The van der Waals surface area contributed by atoms with Gasteiger partial charge in [-0.15, -0.1) is 0 Å². The number of carbonyl (C=O) groups excluding carboxylic acids is 3. The number of esters is 2. The Balaban J connectivity index is 1.75. The van der Waals surface area contributed by atoms with Crippen molar-refractivity contribution >= 4 is 17.8 Å². The molecule has 216 valence electrons. The van der Waals surface area contributed by atoms with Crippen molar-refractivity contribution in [1.82, 2.24) is 10.4 Å². The predicted octanol–water partition coefficient (Wildman–Crippen LogP) is 3.59. The molecule has 2 aromatic carbocycles. The summed E-state index contributed by atoms with van der Waals surface area (Å²) in [4.78, 5) is 46.2. The molecule has 1 fully saturated rings. The van der Waals surface area contributed by atoms with Crippen LogP contribution in [-0.4, -0.2) is 73.0 Å². The van der Waals surface area contributed by atoms with Crippen molar-refractivity contribution < 1.29 is 33.2 Å². The number of rotatable bonds is 10. The molecular formula is C31H42N3O6+. The average Bonchev–Trinajstić information content (AvgIpc) is 2.95. The molecule has 2 aliphatic rings. The average molecular weight is 553 g/mol. The smallest absolute Gasteiger partial charge is 0.370 e. The van der Waals surface area contributed by atoms with Crippen molar-refractivity contribution in [2.45, 2.75) is 71.4 Å². The Bertz CT molecular complexity index is 1180. The van der Waals surface area contributed by atoms with Gasteiger partial charge in [0.15, 0.2) is 6.17 Å². The second kappa shape index (κ2) is 13.4. The number of amides is 1. The molecule has 2 heterocycles. The van der Waals surface area contributed by atoms with E-state index in [9.17, 15) is 14.4 Å². The van der Waals surface area contributed by atoms with E-state index < -0.39 is 18.2 Å². The van der Waals surface area contributed by atoms with Crippen LogP contribution in [0.4, 0.5) is 0 Å². The van der Waals surface area contributed by atoms with Gasteiger partial charge in [-0.1, -0.05) is 54.1 Å². The minimum Gasteiger partial charge on any atom is -0.466 e. The Hall–Kier alpha value is -3.27. The fraction of sp³-hybridized carbons (Fsp3) is 0.516. The highest BCUT2D eigenvalue weighted by Gasteiger charge is 2.54. The van der Waals surface area contributed by atoms with Crippen molar-refractivity contribution in [3.63, 3.8) is 0 Å². The fourth-order valence-electron chi connectivity index (χ4n) is 5.83. The minimum absolute atomic E-state index is 0.0487. The number of likely N-dealkylation sites (N-methyl/N-ethyl adjacent to an activating group) is 1. The van der Waals surface area contributed by atoms with E-state index in [2.05, 4.69) is 11.4 Å². The Morgan fingerprint density at radius 3 is 2.45 bits per heavy atom. The highest BCUT2D eigenvalue weighted by molar-refractivity contribution is 5.78. The van der Waals surface area contributed by atoms with Gasteiger partial charge >= 0.3 is 11.9 Å². The van der Waals surface area contributed by atoms with Gasteiger partial charge in [0.1, 0.15) is 6.61 Å². The zero-order valence-electron chi connectivity index (χ0n) is 24.1. The number of nitrogens with one attached hydrogen (secondary N) is 1. The molecule has 9 nitrogen and oxygen atoms in total. The lowest BCUT2D eigenvalue weighted by Gasteiger charge is -2.52. The zero-order valence-corrected chi connectivity index (χ0v) is 24.1. The molecule has 3 unspecified atom stereocenters. The summed E-state index contributed by atoms with van der Waals surface area (Å²) in [5.74, 6) is -0.993. The van der Waals surface area contributed by atoms with Crippen LogP contribution in [0.25, 0.3) is 0 Å². The molecule has 1 N–H and O–H groups in total. The summed E-state index contributed by atoms with van der Waals surface area (Å²) in [6, 6.07) is 14.8. The number of hydrogen-bond donors (Lipinski definition) is 1. The van der Waals surface area contributed by atoms with Crippen LogP contribution in [0.2, 0.25) is 0 Å². The number of nitrogens with zero attached hydrogens (tertiary/aromatic N) is 2. The highest BCUT2D eigenvalue weighted by atomic mass is 16.7. The minimum atomic E-state index is -0.772. The predicted molar refractivity (Wildman–Crippen MR) is 149 cm³/mol. The molecule has 1 saturated heterocycles. The third kappa shape index (κ3) is 6.89. The molecule has 0 saturated carbocycles. The molecule has 0 aromatic heterocycles. The largest absolute Gasteiger partial charge is 0.466 e. The molecule has 9 heteroatoms. The van der Waals surface area contributed by atoms with Crippen LogP contribution >= 0.6 is 0 Å². The summed E-state index contributed by atoms with van der Waals surface area (Å²) >= 11 is 0. The van der Waals surface area contributed by atoms with Gasteiger partial charge in [0.2, 0.25) is 11.9 Å². The van der Waals surface area contributed by atoms with E-state index in [1.165, 1.54) is 12.0 Å². The Labute approximate surface area is 236 Å². The van der Waals surface area contributed by atoms with Gasteiger partial charge in [0.05, 0.1) is 32.7 Å². The van der Waals surface area contributed by atoms with E-state index in [-0.39, 0.29) is 48.6 Å². The fourth-order valence-corrected chi connectivity index (χ4v) is 5.83. The number of quaternary nitrogens is 1. The second-order valence-electron chi connectivity index (χ2n) is 10.9. The topological polar surface area (TPSA) is 94.2 Å². The summed E-state index contributed by atoms with van der Waals surface area (Å²) in [5.41, 5.74) is 3.76. The lowest BCUT2D eigenvalue weighted by molar-refractivity contribution is -0.970. The maximum atomic E-state index is 14.0. The van der Waals surface area contributed by atoms with Crippen LogP contribution < -0.4 is 5.32 Å². The molecule has 3 atom stereocenters. The third-order valence-electron chi connectivity index (χ3n) is 7.95. The van der Waals surface area contributed by atoms with Crippen molar-refractivity contribution in [3.8, 4) is 0 Å². The normalized spacial score (nSPS) is 22.7. The number of piperidine rings is 1. The molecule has 0 aliphatic carbocycles. The van der Waals surface area contributed by atoms with Gasteiger partial charge in [-0.25, -0.2) is 4.79 Å². The van der Waals surface area contributed by atoms with Gasteiger partial charge in [-0.2, -0.15) is 5.06 Å². The summed E-state index contributed by atoms with van der Waals surface area (Å²) in [6.07, 6.45) is 1.45. The van der Waals surface area contributed by atoms with E-state index in [0.717, 1.165) is 48.2 Å². The van der Waals surface area contributed by atoms with Crippen LogP contribution in [0.5, 0.6) is 0 Å². The molecule has 2 aliphatic heterocycles. The van der Waals surface area contributed by atoms with Crippen molar-refractivity contribution in [3.05, 3.63) is 70.8 Å². The van der Waals surface area contributed by atoms with Crippen molar-refractivity contribution in [1.29, 1.82) is 0 Å². The van der Waals surface area contributed by atoms with Gasteiger partial charge in [-0.05, 0) is 50.9 Å². The molecule has 40 heavy (non-hydrogen) atoms. The number of fused-ring (bicyclic) bond motifs is 1. The maximum Gasteiger partial charge on any atom is 0.370 e. The Morgan fingerprint density at radius 1 is 1.05 bits per heavy atom. The number of benzene rings is 2. The van der Waals surface area contributed by atoms with Gasteiger partial charge < -0.3 is 14.8 Å². The SMILES string of the molecule is CCOC(=O)CC[N+]1(C)C(C(=O)OCc2ccccc2)c2ccc(C)cc2CC1N(OC1CCNCC1)C(C)=O. The number of hydrogen-bond acceptors (Lipinski definition) is 7. The van der Waals surface area contributed by atoms with Crippen LogP contribution in [0.15, 0.2) is 48.5 Å². The standard InChI is InChI=1S/C31H42N3O6/c1-5-38-29(36)15-18-34(4)28(33(23(3)35)40-26-13-16-32-17-14-26)20-25-19-22(2)11-12-27(25)30(34)31(37)39-21-24-9-7-6-8-10-24/h6-12,19,26,28,30,32H,5,13-18,20-21H2,1-4H3/q+1.